The molecule has 0 bridgehead atoms. The topological polar surface area (TPSA) is 36.4 Å². The van der Waals surface area contributed by atoms with Gasteiger partial charge in [0.25, 0.3) is 0 Å². The molecule has 2 heterocycles. The first-order chi connectivity index (χ1) is 8.27. The monoisotopic (exact) mass is 234 g/mol. The van der Waals surface area contributed by atoms with Crippen molar-refractivity contribution in [2.24, 2.45) is 0 Å². The molecule has 1 fully saturated rings. The van der Waals surface area contributed by atoms with E-state index < -0.39 is 6.10 Å². The SMILES string of the molecule is CC(O)c1ccnc(N2CCCCCCC2)c1. The first-order valence-corrected chi connectivity index (χ1v) is 6.66. The Morgan fingerprint density at radius 1 is 1.18 bits per heavy atom. The zero-order valence-electron chi connectivity index (χ0n) is 10.6. The first kappa shape index (κ1) is 12.4. The molecule has 1 atom stereocenters. The van der Waals surface area contributed by atoms with E-state index in [1.165, 1.54) is 32.1 Å². The van der Waals surface area contributed by atoms with Gasteiger partial charge in [-0.25, -0.2) is 4.98 Å². The highest BCUT2D eigenvalue weighted by atomic mass is 16.3. The first-order valence-electron chi connectivity index (χ1n) is 6.66. The second-order valence-electron chi connectivity index (χ2n) is 4.88. The van der Waals surface area contributed by atoms with E-state index in [0.29, 0.717) is 0 Å². The van der Waals surface area contributed by atoms with Crippen molar-refractivity contribution in [1.29, 1.82) is 0 Å². The van der Waals surface area contributed by atoms with Crippen LogP contribution in [0, 0.1) is 0 Å². The Morgan fingerprint density at radius 3 is 2.47 bits per heavy atom. The number of hydrogen-bond donors (Lipinski definition) is 1. The lowest BCUT2D eigenvalue weighted by Gasteiger charge is -2.26. The van der Waals surface area contributed by atoms with Gasteiger partial charge in [-0.05, 0) is 37.5 Å². The zero-order valence-corrected chi connectivity index (χ0v) is 10.6. The van der Waals surface area contributed by atoms with Gasteiger partial charge in [-0.2, -0.15) is 0 Å². The van der Waals surface area contributed by atoms with Gasteiger partial charge in [-0.1, -0.05) is 19.3 Å². The van der Waals surface area contributed by atoms with Crippen molar-refractivity contribution in [3.8, 4) is 0 Å². The molecule has 1 unspecified atom stereocenters. The van der Waals surface area contributed by atoms with E-state index in [0.717, 1.165) is 24.5 Å². The van der Waals surface area contributed by atoms with Crippen LogP contribution >= 0.6 is 0 Å². The van der Waals surface area contributed by atoms with Gasteiger partial charge in [0.1, 0.15) is 5.82 Å². The summed E-state index contributed by atoms with van der Waals surface area (Å²) in [4.78, 5) is 6.78. The molecule has 0 spiro atoms. The van der Waals surface area contributed by atoms with Gasteiger partial charge in [0.15, 0.2) is 0 Å². The van der Waals surface area contributed by atoms with Crippen LogP contribution in [-0.4, -0.2) is 23.2 Å². The highest BCUT2D eigenvalue weighted by molar-refractivity contribution is 5.41. The number of aliphatic hydroxyl groups is 1. The number of aromatic nitrogens is 1. The fraction of sp³-hybridized carbons (Fsp3) is 0.643. The second kappa shape index (κ2) is 6.01. The predicted octanol–water partition coefficient (Wildman–Crippen LogP) is 2.91. The van der Waals surface area contributed by atoms with E-state index in [9.17, 15) is 5.11 Å². The second-order valence-corrected chi connectivity index (χ2v) is 4.88. The number of rotatable bonds is 2. The highest BCUT2D eigenvalue weighted by Gasteiger charge is 2.11. The molecule has 0 radical (unpaired) electrons. The Labute approximate surface area is 103 Å². The Morgan fingerprint density at radius 2 is 1.82 bits per heavy atom. The Balaban J connectivity index is 2.10. The average molecular weight is 234 g/mol. The van der Waals surface area contributed by atoms with Crippen LogP contribution in [0.3, 0.4) is 0 Å². The van der Waals surface area contributed by atoms with Crippen LogP contribution in [0.1, 0.15) is 50.7 Å². The van der Waals surface area contributed by atoms with Crippen LogP contribution in [0.15, 0.2) is 18.3 Å². The minimum atomic E-state index is -0.411. The molecule has 0 aromatic carbocycles. The number of hydrogen-bond acceptors (Lipinski definition) is 3. The molecule has 1 saturated heterocycles. The fourth-order valence-electron chi connectivity index (χ4n) is 2.34. The summed E-state index contributed by atoms with van der Waals surface area (Å²) in [5.74, 6) is 1.02. The van der Waals surface area contributed by atoms with Gasteiger partial charge in [-0.3, -0.25) is 0 Å². The van der Waals surface area contributed by atoms with E-state index in [4.69, 9.17) is 0 Å². The maximum Gasteiger partial charge on any atom is 0.128 e. The largest absolute Gasteiger partial charge is 0.389 e. The molecule has 1 aliphatic heterocycles. The van der Waals surface area contributed by atoms with Gasteiger partial charge in [0.05, 0.1) is 6.10 Å². The lowest BCUT2D eigenvalue weighted by molar-refractivity contribution is 0.199. The van der Waals surface area contributed by atoms with Crippen LogP contribution in [0.2, 0.25) is 0 Å². The summed E-state index contributed by atoms with van der Waals surface area (Å²) >= 11 is 0. The summed E-state index contributed by atoms with van der Waals surface area (Å²) in [5, 5.41) is 9.60. The minimum Gasteiger partial charge on any atom is -0.389 e. The maximum absolute atomic E-state index is 9.60. The van der Waals surface area contributed by atoms with E-state index in [1.807, 2.05) is 12.1 Å². The van der Waals surface area contributed by atoms with E-state index in [-0.39, 0.29) is 0 Å². The third kappa shape index (κ3) is 3.43. The van der Waals surface area contributed by atoms with Crippen molar-refractivity contribution in [1.82, 2.24) is 4.98 Å². The summed E-state index contributed by atoms with van der Waals surface area (Å²) in [6, 6.07) is 3.91. The molecule has 1 aliphatic rings. The number of aliphatic hydroxyl groups excluding tert-OH is 1. The zero-order chi connectivity index (χ0) is 12.1. The molecule has 17 heavy (non-hydrogen) atoms. The molecule has 2 rings (SSSR count). The van der Waals surface area contributed by atoms with Crippen LogP contribution in [0.5, 0.6) is 0 Å². The third-order valence-corrected chi connectivity index (χ3v) is 3.43. The average Bonchev–Trinajstić information content (AvgIpc) is 2.28. The molecule has 1 N–H and O–H groups in total. The summed E-state index contributed by atoms with van der Waals surface area (Å²) in [6.45, 7) is 3.99. The van der Waals surface area contributed by atoms with Crippen LogP contribution in [0.4, 0.5) is 5.82 Å². The lowest BCUT2D eigenvalue weighted by atomic mass is 10.1. The molecule has 3 heteroatoms. The Kier molecular flexibility index (Phi) is 4.37. The molecule has 0 amide bonds. The quantitative estimate of drug-likeness (QED) is 0.854. The van der Waals surface area contributed by atoms with Gasteiger partial charge < -0.3 is 10.0 Å². The summed E-state index contributed by atoms with van der Waals surface area (Å²) in [6.07, 6.45) is 7.91. The van der Waals surface area contributed by atoms with Crippen molar-refractivity contribution in [2.45, 2.75) is 45.1 Å². The van der Waals surface area contributed by atoms with Crippen LogP contribution < -0.4 is 4.90 Å². The Bertz CT molecular complexity index is 344. The predicted molar refractivity (Wildman–Crippen MR) is 70.2 cm³/mol. The van der Waals surface area contributed by atoms with E-state index in [1.54, 1.807) is 13.1 Å². The molecule has 0 saturated carbocycles. The standard InChI is InChI=1S/C14H22N2O/c1-12(17)13-7-8-15-14(11-13)16-9-5-3-2-4-6-10-16/h7-8,11-12,17H,2-6,9-10H2,1H3. The van der Waals surface area contributed by atoms with E-state index >= 15 is 0 Å². The molecule has 3 nitrogen and oxygen atoms in total. The summed E-state index contributed by atoms with van der Waals surface area (Å²) in [7, 11) is 0. The van der Waals surface area contributed by atoms with Crippen molar-refractivity contribution in [3.63, 3.8) is 0 Å². The summed E-state index contributed by atoms with van der Waals surface area (Å²) in [5.41, 5.74) is 0.956. The molecule has 94 valence electrons. The van der Waals surface area contributed by atoms with Crippen molar-refractivity contribution in [3.05, 3.63) is 23.9 Å². The molecular formula is C14H22N2O. The minimum absolute atomic E-state index is 0.411. The van der Waals surface area contributed by atoms with Crippen molar-refractivity contribution < 1.29 is 5.11 Å². The molecule has 0 aliphatic carbocycles. The maximum atomic E-state index is 9.60. The smallest absolute Gasteiger partial charge is 0.128 e. The van der Waals surface area contributed by atoms with Gasteiger partial charge in [0.2, 0.25) is 0 Å². The number of nitrogens with zero attached hydrogens (tertiary/aromatic N) is 2. The van der Waals surface area contributed by atoms with Gasteiger partial charge >= 0.3 is 0 Å². The van der Waals surface area contributed by atoms with E-state index in [2.05, 4.69) is 9.88 Å². The van der Waals surface area contributed by atoms with Crippen LogP contribution in [-0.2, 0) is 0 Å². The van der Waals surface area contributed by atoms with Gasteiger partial charge in [-0.15, -0.1) is 0 Å². The highest BCUT2D eigenvalue weighted by Crippen LogP contribution is 2.20. The normalized spacial score (nSPS) is 19.5. The number of pyridine rings is 1. The van der Waals surface area contributed by atoms with Crippen molar-refractivity contribution >= 4 is 5.82 Å². The lowest BCUT2D eigenvalue weighted by Crippen LogP contribution is -2.27. The van der Waals surface area contributed by atoms with Crippen molar-refractivity contribution in [2.75, 3.05) is 18.0 Å². The van der Waals surface area contributed by atoms with Gasteiger partial charge in [0, 0.05) is 19.3 Å². The third-order valence-electron chi connectivity index (χ3n) is 3.43. The molecule has 1 aromatic rings. The Hall–Kier alpha value is -1.09. The molecule has 1 aromatic heterocycles. The molecular weight excluding hydrogens is 212 g/mol. The summed E-state index contributed by atoms with van der Waals surface area (Å²) < 4.78 is 0. The fourth-order valence-corrected chi connectivity index (χ4v) is 2.34. The van der Waals surface area contributed by atoms with Crippen LogP contribution in [0.25, 0.3) is 0 Å². The number of anilines is 1.